The molecule has 0 saturated carbocycles. The molecule has 1 aromatic rings. The van der Waals surface area contributed by atoms with Gasteiger partial charge in [0.1, 0.15) is 0 Å². The largest absolute Gasteiger partial charge is 0.374 e. The zero-order valence-corrected chi connectivity index (χ0v) is 10.8. The molecule has 1 unspecified atom stereocenters. The number of carbonyl (C=O) groups is 1. The Morgan fingerprint density at radius 1 is 1.44 bits per heavy atom. The predicted molar refractivity (Wildman–Crippen MR) is 70.5 cm³/mol. The molecule has 2 amide bonds. The van der Waals surface area contributed by atoms with Crippen molar-refractivity contribution < 1.29 is 9.53 Å². The van der Waals surface area contributed by atoms with E-state index in [1.807, 2.05) is 30.0 Å². The number of ether oxygens (including phenoxy) is 1. The third-order valence-corrected chi connectivity index (χ3v) is 3.06. The van der Waals surface area contributed by atoms with Crippen molar-refractivity contribution in [3.8, 4) is 0 Å². The fraction of sp³-hybridized carbons (Fsp3) is 0.500. The van der Waals surface area contributed by atoms with Crippen molar-refractivity contribution in [2.45, 2.75) is 19.4 Å². The van der Waals surface area contributed by atoms with Gasteiger partial charge in [0.15, 0.2) is 0 Å². The zero-order chi connectivity index (χ0) is 12.8. The molecule has 4 nitrogen and oxygen atoms in total. The summed E-state index contributed by atoms with van der Waals surface area (Å²) in [6.07, 6.45) is 0.959. The van der Waals surface area contributed by atoms with Crippen LogP contribution in [-0.4, -0.2) is 43.3 Å². The van der Waals surface area contributed by atoms with E-state index in [9.17, 15) is 4.79 Å². The van der Waals surface area contributed by atoms with Crippen LogP contribution in [0.15, 0.2) is 30.3 Å². The van der Waals surface area contributed by atoms with Crippen molar-refractivity contribution in [1.29, 1.82) is 0 Å². The lowest BCUT2D eigenvalue weighted by molar-refractivity contribution is -0.0132. The molecule has 0 spiro atoms. The van der Waals surface area contributed by atoms with Gasteiger partial charge in [-0.15, -0.1) is 0 Å². The van der Waals surface area contributed by atoms with Gasteiger partial charge < -0.3 is 15.0 Å². The molecule has 1 aromatic carbocycles. The van der Waals surface area contributed by atoms with Gasteiger partial charge in [0.25, 0.3) is 0 Å². The van der Waals surface area contributed by atoms with Crippen molar-refractivity contribution in [3.05, 3.63) is 35.9 Å². The molecular weight excluding hydrogens is 228 g/mol. The molecule has 1 atom stereocenters. The van der Waals surface area contributed by atoms with Crippen LogP contribution in [0.4, 0.5) is 4.79 Å². The number of hydrogen-bond donors (Lipinski definition) is 1. The normalized spacial score (nSPS) is 19.6. The summed E-state index contributed by atoms with van der Waals surface area (Å²) in [5.41, 5.74) is 1.25. The van der Waals surface area contributed by atoms with Gasteiger partial charge >= 0.3 is 6.03 Å². The smallest absolute Gasteiger partial charge is 0.317 e. The number of amides is 2. The Labute approximate surface area is 108 Å². The maximum atomic E-state index is 11.8. The third kappa shape index (κ3) is 3.47. The molecule has 18 heavy (non-hydrogen) atoms. The van der Waals surface area contributed by atoms with E-state index in [-0.39, 0.29) is 12.1 Å². The molecule has 4 heteroatoms. The summed E-state index contributed by atoms with van der Waals surface area (Å²) < 4.78 is 5.72. The average molecular weight is 248 g/mol. The first-order valence-electron chi connectivity index (χ1n) is 6.48. The van der Waals surface area contributed by atoms with Crippen molar-refractivity contribution >= 4 is 6.03 Å². The number of urea groups is 1. The lowest BCUT2D eigenvalue weighted by atomic mass is 10.1. The highest BCUT2D eigenvalue weighted by molar-refractivity contribution is 5.74. The van der Waals surface area contributed by atoms with Crippen LogP contribution in [0.2, 0.25) is 0 Å². The SMILES string of the molecule is CCNC(=O)N1CCOC(Cc2ccccc2)C1. The standard InChI is InChI=1S/C14H20N2O2/c1-2-15-14(17)16-8-9-18-13(11-16)10-12-6-4-3-5-7-12/h3-7,13H,2,8-11H2,1H3,(H,15,17). The summed E-state index contributed by atoms with van der Waals surface area (Å²) in [5, 5.41) is 2.83. The molecule has 0 radical (unpaired) electrons. The van der Waals surface area contributed by atoms with E-state index in [0.29, 0.717) is 26.2 Å². The van der Waals surface area contributed by atoms with E-state index >= 15 is 0 Å². The molecular formula is C14H20N2O2. The molecule has 1 fully saturated rings. The second-order valence-electron chi connectivity index (χ2n) is 4.46. The predicted octanol–water partition coefficient (Wildman–Crippen LogP) is 1.66. The minimum absolute atomic E-state index is 0.0128. The highest BCUT2D eigenvalue weighted by Crippen LogP contribution is 2.11. The van der Waals surface area contributed by atoms with Gasteiger partial charge in [0, 0.05) is 26.1 Å². The second kappa shape index (κ2) is 6.40. The molecule has 0 aromatic heterocycles. The maximum Gasteiger partial charge on any atom is 0.317 e. The van der Waals surface area contributed by atoms with Crippen molar-refractivity contribution in [1.82, 2.24) is 10.2 Å². The number of carbonyl (C=O) groups excluding carboxylic acids is 1. The van der Waals surface area contributed by atoms with Crippen LogP contribution in [0.25, 0.3) is 0 Å². The fourth-order valence-corrected chi connectivity index (χ4v) is 2.17. The van der Waals surface area contributed by atoms with Crippen molar-refractivity contribution in [3.63, 3.8) is 0 Å². The van der Waals surface area contributed by atoms with Gasteiger partial charge in [-0.2, -0.15) is 0 Å². The Morgan fingerprint density at radius 3 is 2.94 bits per heavy atom. The van der Waals surface area contributed by atoms with Crippen LogP contribution >= 0.6 is 0 Å². The first kappa shape index (κ1) is 12.9. The van der Waals surface area contributed by atoms with Crippen LogP contribution in [0.3, 0.4) is 0 Å². The van der Waals surface area contributed by atoms with Crippen molar-refractivity contribution in [2.24, 2.45) is 0 Å². The monoisotopic (exact) mass is 248 g/mol. The molecule has 98 valence electrons. The van der Waals surface area contributed by atoms with Gasteiger partial charge in [0.2, 0.25) is 0 Å². The van der Waals surface area contributed by atoms with Gasteiger partial charge in [0.05, 0.1) is 12.7 Å². The van der Waals surface area contributed by atoms with E-state index in [1.165, 1.54) is 5.56 Å². The lowest BCUT2D eigenvalue weighted by Gasteiger charge is -2.33. The first-order chi connectivity index (χ1) is 8.79. The van der Waals surface area contributed by atoms with E-state index < -0.39 is 0 Å². The van der Waals surface area contributed by atoms with Crippen LogP contribution in [0, 0.1) is 0 Å². The molecule has 1 N–H and O–H groups in total. The number of rotatable bonds is 3. The van der Waals surface area contributed by atoms with Gasteiger partial charge in [-0.05, 0) is 12.5 Å². The minimum atomic E-state index is 0.0128. The molecule has 0 aliphatic carbocycles. The number of nitrogens with zero attached hydrogens (tertiary/aromatic N) is 1. The minimum Gasteiger partial charge on any atom is -0.374 e. The molecule has 1 aliphatic heterocycles. The van der Waals surface area contributed by atoms with Crippen LogP contribution in [0.1, 0.15) is 12.5 Å². The van der Waals surface area contributed by atoms with E-state index in [1.54, 1.807) is 0 Å². The Morgan fingerprint density at radius 2 is 2.22 bits per heavy atom. The lowest BCUT2D eigenvalue weighted by Crippen LogP contribution is -2.50. The quantitative estimate of drug-likeness (QED) is 0.884. The highest BCUT2D eigenvalue weighted by Gasteiger charge is 2.23. The van der Waals surface area contributed by atoms with Crippen LogP contribution in [0.5, 0.6) is 0 Å². The summed E-state index contributed by atoms with van der Waals surface area (Å²) in [4.78, 5) is 13.6. The molecule has 1 heterocycles. The van der Waals surface area contributed by atoms with Crippen LogP contribution < -0.4 is 5.32 Å². The molecule has 2 rings (SSSR count). The second-order valence-corrected chi connectivity index (χ2v) is 4.46. The topological polar surface area (TPSA) is 41.6 Å². The third-order valence-electron chi connectivity index (χ3n) is 3.06. The Bertz CT molecular complexity index is 381. The number of benzene rings is 1. The molecule has 0 bridgehead atoms. The molecule has 1 saturated heterocycles. The summed E-state index contributed by atoms with van der Waals surface area (Å²) in [5.74, 6) is 0. The fourth-order valence-electron chi connectivity index (χ4n) is 2.17. The zero-order valence-electron chi connectivity index (χ0n) is 10.8. The number of nitrogens with one attached hydrogen (secondary N) is 1. The number of hydrogen-bond acceptors (Lipinski definition) is 2. The molecule has 1 aliphatic rings. The maximum absolute atomic E-state index is 11.8. The van der Waals surface area contributed by atoms with Gasteiger partial charge in [-0.1, -0.05) is 30.3 Å². The highest BCUT2D eigenvalue weighted by atomic mass is 16.5. The summed E-state index contributed by atoms with van der Waals surface area (Å²) >= 11 is 0. The van der Waals surface area contributed by atoms with Gasteiger partial charge in [-0.25, -0.2) is 4.79 Å². The van der Waals surface area contributed by atoms with E-state index in [4.69, 9.17) is 4.74 Å². The Hall–Kier alpha value is -1.55. The summed E-state index contributed by atoms with van der Waals surface area (Å²) in [6, 6.07) is 10.3. The first-order valence-corrected chi connectivity index (χ1v) is 6.48. The summed E-state index contributed by atoms with van der Waals surface area (Å²) in [6.45, 7) is 4.56. The van der Waals surface area contributed by atoms with E-state index in [0.717, 1.165) is 6.42 Å². The Balaban J connectivity index is 1.89. The average Bonchev–Trinajstić information content (AvgIpc) is 2.40. The number of morpholine rings is 1. The van der Waals surface area contributed by atoms with Crippen molar-refractivity contribution in [2.75, 3.05) is 26.2 Å². The van der Waals surface area contributed by atoms with Gasteiger partial charge in [-0.3, -0.25) is 0 Å². The Kier molecular flexibility index (Phi) is 4.59. The van der Waals surface area contributed by atoms with Crippen LogP contribution in [-0.2, 0) is 11.2 Å². The van der Waals surface area contributed by atoms with E-state index in [2.05, 4.69) is 17.4 Å². The summed E-state index contributed by atoms with van der Waals surface area (Å²) in [7, 11) is 0.